The third kappa shape index (κ3) is 1.85. The molecule has 0 unspecified atom stereocenters. The number of H-pyrrole nitrogens is 1. The van der Waals surface area contributed by atoms with E-state index in [0.29, 0.717) is 5.39 Å². The lowest BCUT2D eigenvalue weighted by molar-refractivity contribution is 1.48. The van der Waals surface area contributed by atoms with Gasteiger partial charge in [0, 0.05) is 15.4 Å². The Morgan fingerprint density at radius 1 is 0.708 bits per heavy atom. The van der Waals surface area contributed by atoms with Crippen LogP contribution in [0.5, 0.6) is 0 Å². The molecule has 0 fully saturated rings. The largest absolute Gasteiger partial charge is 0.354 e. The molecule has 4 aromatic carbocycles. The maximum absolute atomic E-state index is 13.1. The molecule has 0 saturated heterocycles. The summed E-state index contributed by atoms with van der Waals surface area (Å²) in [5, 5.41) is 5.92. The third-order valence-corrected chi connectivity index (χ3v) is 5.14. The van der Waals surface area contributed by atoms with Crippen LogP contribution < -0.4 is 5.43 Å². The highest BCUT2D eigenvalue weighted by molar-refractivity contribution is 9.10. The van der Waals surface area contributed by atoms with E-state index in [9.17, 15) is 4.79 Å². The number of aromatic amines is 1. The lowest BCUT2D eigenvalue weighted by atomic mass is 9.98. The molecular weight excluding hydrogens is 362 g/mol. The molecule has 0 atom stereocenters. The molecule has 1 N–H and O–H groups in total. The van der Waals surface area contributed by atoms with Gasteiger partial charge in [0.25, 0.3) is 0 Å². The molecule has 114 valence electrons. The highest BCUT2D eigenvalue weighted by Gasteiger charge is 2.10. The van der Waals surface area contributed by atoms with Crippen molar-refractivity contribution in [2.75, 3.05) is 0 Å². The smallest absolute Gasteiger partial charge is 0.197 e. The second-order valence-corrected chi connectivity index (χ2v) is 6.93. The summed E-state index contributed by atoms with van der Waals surface area (Å²) in [6.45, 7) is 0. The van der Waals surface area contributed by atoms with Crippen LogP contribution >= 0.6 is 15.9 Å². The average Bonchev–Trinajstić information content (AvgIpc) is 2.61. The molecule has 1 aromatic heterocycles. The highest BCUT2D eigenvalue weighted by Crippen LogP contribution is 2.30. The normalized spacial score (nSPS) is 11.7. The van der Waals surface area contributed by atoms with Crippen LogP contribution in [0.2, 0.25) is 0 Å². The Hall–Kier alpha value is -2.65. The zero-order valence-electron chi connectivity index (χ0n) is 12.6. The first-order valence-corrected chi connectivity index (χ1v) is 8.57. The number of halogens is 1. The molecule has 24 heavy (non-hydrogen) atoms. The predicted octanol–water partition coefficient (Wildman–Crippen LogP) is 5.75. The molecule has 0 radical (unpaired) electrons. The van der Waals surface area contributed by atoms with Crippen LogP contribution in [0.1, 0.15) is 0 Å². The van der Waals surface area contributed by atoms with Crippen molar-refractivity contribution < 1.29 is 0 Å². The van der Waals surface area contributed by atoms with Crippen molar-refractivity contribution in [2.45, 2.75) is 0 Å². The zero-order chi connectivity index (χ0) is 16.3. The molecule has 5 aromatic rings. The highest BCUT2D eigenvalue weighted by atomic mass is 79.9. The van der Waals surface area contributed by atoms with Gasteiger partial charge in [-0.15, -0.1) is 0 Å². The molecule has 2 nitrogen and oxygen atoms in total. The molecule has 0 spiro atoms. The van der Waals surface area contributed by atoms with Gasteiger partial charge in [-0.2, -0.15) is 0 Å². The summed E-state index contributed by atoms with van der Waals surface area (Å²) in [5.41, 5.74) is 1.80. The molecule has 0 aliphatic rings. The minimum Gasteiger partial charge on any atom is -0.354 e. The van der Waals surface area contributed by atoms with Crippen LogP contribution in [-0.4, -0.2) is 4.98 Å². The zero-order valence-corrected chi connectivity index (χ0v) is 14.2. The van der Waals surface area contributed by atoms with Crippen LogP contribution in [0.3, 0.4) is 0 Å². The number of pyridine rings is 1. The first-order valence-electron chi connectivity index (χ1n) is 7.78. The van der Waals surface area contributed by atoms with Crippen LogP contribution in [0.15, 0.2) is 76.0 Å². The van der Waals surface area contributed by atoms with Crippen LogP contribution in [0, 0.1) is 0 Å². The van der Waals surface area contributed by atoms with Gasteiger partial charge in [0.15, 0.2) is 5.43 Å². The van der Waals surface area contributed by atoms with Crippen molar-refractivity contribution in [2.24, 2.45) is 0 Å². The molecule has 0 amide bonds. The Balaban J connectivity index is 2.07. The van der Waals surface area contributed by atoms with Crippen LogP contribution in [0.4, 0.5) is 0 Å². The second-order valence-electron chi connectivity index (χ2n) is 6.01. The van der Waals surface area contributed by atoms with E-state index in [-0.39, 0.29) is 5.43 Å². The van der Waals surface area contributed by atoms with E-state index in [0.717, 1.165) is 31.7 Å². The summed E-state index contributed by atoms with van der Waals surface area (Å²) in [4.78, 5) is 16.5. The summed E-state index contributed by atoms with van der Waals surface area (Å²) < 4.78 is 0.908. The van der Waals surface area contributed by atoms with Gasteiger partial charge in [0.1, 0.15) is 0 Å². The van der Waals surface area contributed by atoms with Crippen molar-refractivity contribution in [3.05, 3.63) is 81.4 Å². The van der Waals surface area contributed by atoms with Gasteiger partial charge in [0.2, 0.25) is 0 Å². The molecule has 0 bridgehead atoms. The molecule has 3 heteroatoms. The van der Waals surface area contributed by atoms with Crippen LogP contribution in [0.25, 0.3) is 43.4 Å². The Bertz CT molecular complexity index is 1330. The van der Waals surface area contributed by atoms with Gasteiger partial charge < -0.3 is 4.98 Å². The van der Waals surface area contributed by atoms with Crippen molar-refractivity contribution >= 4 is 59.3 Å². The molecule has 5 rings (SSSR count). The minimum atomic E-state index is 0.0703. The topological polar surface area (TPSA) is 32.9 Å². The summed E-state index contributed by atoms with van der Waals surface area (Å²) in [6, 6.07) is 22.3. The van der Waals surface area contributed by atoms with E-state index in [1.807, 2.05) is 36.4 Å². The molecule has 0 aliphatic heterocycles. The van der Waals surface area contributed by atoms with Gasteiger partial charge in [-0.25, -0.2) is 0 Å². The van der Waals surface area contributed by atoms with E-state index < -0.39 is 0 Å². The minimum absolute atomic E-state index is 0.0703. The fourth-order valence-electron chi connectivity index (χ4n) is 3.53. The number of nitrogens with one attached hydrogen (secondary N) is 1. The Morgan fingerprint density at radius 3 is 2.42 bits per heavy atom. The van der Waals surface area contributed by atoms with Gasteiger partial charge in [-0.05, 0) is 45.8 Å². The lowest BCUT2D eigenvalue weighted by Crippen LogP contribution is -2.04. The fraction of sp³-hybridized carbons (Fsp3) is 0. The Morgan fingerprint density at radius 2 is 1.50 bits per heavy atom. The maximum atomic E-state index is 13.1. The number of fused-ring (bicyclic) bond motifs is 6. The van der Waals surface area contributed by atoms with Gasteiger partial charge in [-0.3, -0.25) is 4.79 Å². The predicted molar refractivity (Wildman–Crippen MR) is 105 cm³/mol. The summed E-state index contributed by atoms with van der Waals surface area (Å²) in [7, 11) is 0. The quantitative estimate of drug-likeness (QED) is 0.272. The monoisotopic (exact) mass is 373 g/mol. The summed E-state index contributed by atoms with van der Waals surface area (Å²) in [6.07, 6.45) is 0. The standard InChI is InChI=1S/C21H12BrNO/c22-13-6-9-18-17(11-13)21(24)20-16-7-5-12-3-1-2-4-14(12)15(16)8-10-19(20)23-18/h1-11H,(H,23,24). The first kappa shape index (κ1) is 13.8. The van der Waals surface area contributed by atoms with Crippen molar-refractivity contribution in [3.8, 4) is 0 Å². The van der Waals surface area contributed by atoms with Gasteiger partial charge in [-0.1, -0.05) is 58.4 Å². The Labute approximate surface area is 145 Å². The maximum Gasteiger partial charge on any atom is 0.197 e. The summed E-state index contributed by atoms with van der Waals surface area (Å²) >= 11 is 3.46. The van der Waals surface area contributed by atoms with Crippen molar-refractivity contribution in [3.63, 3.8) is 0 Å². The van der Waals surface area contributed by atoms with E-state index in [1.165, 1.54) is 10.8 Å². The molecule has 0 aliphatic carbocycles. The van der Waals surface area contributed by atoms with E-state index in [1.54, 1.807) is 0 Å². The first-order chi connectivity index (χ1) is 11.7. The van der Waals surface area contributed by atoms with E-state index in [2.05, 4.69) is 51.2 Å². The van der Waals surface area contributed by atoms with Crippen molar-refractivity contribution in [1.82, 2.24) is 4.98 Å². The lowest BCUT2D eigenvalue weighted by Gasteiger charge is -2.09. The van der Waals surface area contributed by atoms with Crippen LogP contribution in [-0.2, 0) is 0 Å². The number of hydrogen-bond acceptors (Lipinski definition) is 1. The number of benzene rings is 4. The number of hydrogen-bond donors (Lipinski definition) is 1. The molecular formula is C21H12BrNO. The number of aromatic nitrogens is 1. The van der Waals surface area contributed by atoms with E-state index >= 15 is 0 Å². The fourth-order valence-corrected chi connectivity index (χ4v) is 3.89. The average molecular weight is 374 g/mol. The third-order valence-electron chi connectivity index (χ3n) is 4.65. The number of rotatable bonds is 0. The SMILES string of the molecule is O=c1c2cc(Br)ccc2[nH]c2ccc3c4ccccc4ccc3c12. The molecule has 0 saturated carbocycles. The van der Waals surface area contributed by atoms with Gasteiger partial charge >= 0.3 is 0 Å². The molecule has 1 heterocycles. The Kier molecular flexibility index (Phi) is 2.82. The summed E-state index contributed by atoms with van der Waals surface area (Å²) in [5.74, 6) is 0. The van der Waals surface area contributed by atoms with E-state index in [4.69, 9.17) is 0 Å². The van der Waals surface area contributed by atoms with Gasteiger partial charge in [0.05, 0.1) is 10.9 Å². The second kappa shape index (κ2) is 4.92. The van der Waals surface area contributed by atoms with Crippen molar-refractivity contribution in [1.29, 1.82) is 0 Å².